The van der Waals surface area contributed by atoms with Gasteiger partial charge in [-0.3, -0.25) is 0 Å². The molecule has 3 rings (SSSR count). The van der Waals surface area contributed by atoms with Crippen molar-refractivity contribution in [2.45, 2.75) is 13.5 Å². The molecule has 0 atom stereocenters. The summed E-state index contributed by atoms with van der Waals surface area (Å²) in [5.74, 6) is 0.207. The third-order valence-corrected chi connectivity index (χ3v) is 3.78. The predicted molar refractivity (Wildman–Crippen MR) is 92.1 cm³/mol. The minimum atomic E-state index is -0.428. The van der Waals surface area contributed by atoms with Crippen LogP contribution in [0.25, 0.3) is 0 Å². The van der Waals surface area contributed by atoms with Crippen molar-refractivity contribution in [1.82, 2.24) is 15.0 Å². The van der Waals surface area contributed by atoms with Crippen LogP contribution in [0.1, 0.15) is 21.7 Å². The molecule has 0 spiro atoms. The number of thiophene rings is 1. The molecular formula is C16H15N5O2S. The number of hydrogen-bond donors (Lipinski definition) is 2. The molecule has 3 aromatic rings. The van der Waals surface area contributed by atoms with E-state index in [1.165, 1.54) is 11.3 Å². The summed E-state index contributed by atoms with van der Waals surface area (Å²) in [7, 11) is 0. The zero-order valence-electron chi connectivity index (χ0n) is 12.9. The lowest BCUT2D eigenvalue weighted by Crippen LogP contribution is -2.10. The molecule has 0 fully saturated rings. The topological polar surface area (TPSA) is 103 Å². The van der Waals surface area contributed by atoms with E-state index in [0.29, 0.717) is 11.5 Å². The quantitative estimate of drug-likeness (QED) is 0.688. The van der Waals surface area contributed by atoms with Crippen molar-refractivity contribution >= 4 is 34.9 Å². The van der Waals surface area contributed by atoms with Gasteiger partial charge < -0.3 is 15.8 Å². The fourth-order valence-electron chi connectivity index (χ4n) is 1.92. The first-order valence-electron chi connectivity index (χ1n) is 7.13. The Bertz CT molecular complexity index is 834. The molecule has 0 saturated heterocycles. The highest BCUT2D eigenvalue weighted by atomic mass is 32.1. The highest BCUT2D eigenvalue weighted by molar-refractivity contribution is 7.08. The fraction of sp³-hybridized carbons (Fsp3) is 0.125. The van der Waals surface area contributed by atoms with Crippen molar-refractivity contribution in [1.29, 1.82) is 0 Å². The average Bonchev–Trinajstić information content (AvgIpc) is 3.09. The van der Waals surface area contributed by atoms with Crippen molar-refractivity contribution < 1.29 is 9.53 Å². The first-order valence-corrected chi connectivity index (χ1v) is 8.08. The van der Waals surface area contributed by atoms with E-state index in [4.69, 9.17) is 10.5 Å². The number of rotatable bonds is 5. The number of aryl methyl sites for hydroxylation is 1. The Labute approximate surface area is 142 Å². The number of aromatic nitrogens is 3. The lowest BCUT2D eigenvalue weighted by atomic mass is 10.2. The van der Waals surface area contributed by atoms with Gasteiger partial charge in [0.15, 0.2) is 12.4 Å². The monoisotopic (exact) mass is 341 g/mol. The Morgan fingerprint density at radius 2 is 2.00 bits per heavy atom. The number of nitrogens with one attached hydrogen (secondary N) is 1. The zero-order valence-corrected chi connectivity index (χ0v) is 13.7. The van der Waals surface area contributed by atoms with E-state index >= 15 is 0 Å². The number of carbonyl (C=O) groups excluding carboxylic acids is 1. The molecule has 7 nitrogen and oxygen atoms in total. The number of carbonyl (C=O) groups is 1. The van der Waals surface area contributed by atoms with Crippen molar-refractivity contribution in [3.63, 3.8) is 0 Å². The molecule has 0 saturated carbocycles. The maximum atomic E-state index is 11.8. The first-order chi connectivity index (χ1) is 11.6. The van der Waals surface area contributed by atoms with Gasteiger partial charge in [-0.15, -0.1) is 0 Å². The van der Waals surface area contributed by atoms with Crippen LogP contribution in [0.15, 0.2) is 41.1 Å². The summed E-state index contributed by atoms with van der Waals surface area (Å²) in [4.78, 5) is 24.1. The minimum Gasteiger partial charge on any atom is -0.454 e. The van der Waals surface area contributed by atoms with Gasteiger partial charge in [-0.1, -0.05) is 17.7 Å². The Balaban J connectivity index is 1.69. The van der Waals surface area contributed by atoms with Gasteiger partial charge in [0.2, 0.25) is 11.9 Å². The van der Waals surface area contributed by atoms with E-state index in [9.17, 15) is 4.79 Å². The second kappa shape index (κ2) is 7.05. The van der Waals surface area contributed by atoms with Crippen LogP contribution in [-0.4, -0.2) is 20.9 Å². The molecule has 24 heavy (non-hydrogen) atoms. The van der Waals surface area contributed by atoms with Gasteiger partial charge in [0.05, 0.1) is 5.56 Å². The van der Waals surface area contributed by atoms with Gasteiger partial charge in [0, 0.05) is 11.1 Å². The summed E-state index contributed by atoms with van der Waals surface area (Å²) in [6.07, 6.45) is 0. The number of nitrogen functional groups attached to an aromatic ring is 1. The van der Waals surface area contributed by atoms with Crippen LogP contribution in [0.4, 0.5) is 17.6 Å². The van der Waals surface area contributed by atoms with Gasteiger partial charge in [-0.25, -0.2) is 4.79 Å². The summed E-state index contributed by atoms with van der Waals surface area (Å²) < 4.78 is 5.18. The number of ether oxygens (including phenoxy) is 1. The largest absolute Gasteiger partial charge is 0.454 e. The van der Waals surface area contributed by atoms with Crippen molar-refractivity contribution in [2.24, 2.45) is 0 Å². The molecule has 0 radical (unpaired) electrons. The number of anilines is 3. The van der Waals surface area contributed by atoms with E-state index in [2.05, 4.69) is 20.3 Å². The zero-order chi connectivity index (χ0) is 16.9. The van der Waals surface area contributed by atoms with Crippen molar-refractivity contribution in [2.75, 3.05) is 11.1 Å². The van der Waals surface area contributed by atoms with Crippen LogP contribution in [0.3, 0.4) is 0 Å². The Morgan fingerprint density at radius 3 is 2.71 bits per heavy atom. The lowest BCUT2D eigenvalue weighted by molar-refractivity contribution is 0.0463. The van der Waals surface area contributed by atoms with E-state index in [0.717, 1.165) is 11.3 Å². The smallest absolute Gasteiger partial charge is 0.339 e. The third kappa shape index (κ3) is 4.05. The normalized spacial score (nSPS) is 10.4. The third-order valence-electron chi connectivity index (χ3n) is 3.10. The molecule has 0 bridgehead atoms. The van der Waals surface area contributed by atoms with E-state index in [1.807, 2.05) is 31.2 Å². The summed E-state index contributed by atoms with van der Waals surface area (Å²) in [6.45, 7) is 1.93. The van der Waals surface area contributed by atoms with Gasteiger partial charge in [-0.05, 0) is 30.5 Å². The van der Waals surface area contributed by atoms with E-state index in [-0.39, 0.29) is 18.4 Å². The Kier molecular flexibility index (Phi) is 4.66. The first kappa shape index (κ1) is 15.9. The van der Waals surface area contributed by atoms with Gasteiger partial charge in [-0.2, -0.15) is 26.3 Å². The standard InChI is InChI=1S/C16H15N5O2S/c1-10-2-4-12(5-3-10)18-16-20-13(19-15(17)21-16)8-23-14(22)11-6-7-24-9-11/h2-7,9H,8H2,1H3,(H3,17,18,19,20,21). The minimum absolute atomic E-state index is 0.0567. The van der Waals surface area contributed by atoms with Crippen LogP contribution in [0, 0.1) is 6.92 Å². The molecule has 0 amide bonds. The molecule has 1 aromatic carbocycles. The number of benzene rings is 1. The van der Waals surface area contributed by atoms with Crippen LogP contribution >= 0.6 is 11.3 Å². The van der Waals surface area contributed by atoms with Crippen LogP contribution in [-0.2, 0) is 11.3 Å². The van der Waals surface area contributed by atoms with E-state index < -0.39 is 5.97 Å². The second-order valence-corrected chi connectivity index (χ2v) is 5.79. The van der Waals surface area contributed by atoms with Gasteiger partial charge in [0.1, 0.15) is 0 Å². The molecule has 0 aliphatic carbocycles. The number of nitrogens with zero attached hydrogens (tertiary/aromatic N) is 3. The van der Waals surface area contributed by atoms with Crippen LogP contribution in [0.2, 0.25) is 0 Å². The Morgan fingerprint density at radius 1 is 1.21 bits per heavy atom. The lowest BCUT2D eigenvalue weighted by Gasteiger charge is -2.08. The highest BCUT2D eigenvalue weighted by Gasteiger charge is 2.10. The second-order valence-electron chi connectivity index (χ2n) is 5.01. The average molecular weight is 341 g/mol. The predicted octanol–water partition coefficient (Wildman–Crippen LogP) is 2.92. The van der Waals surface area contributed by atoms with Gasteiger partial charge in [0.25, 0.3) is 0 Å². The summed E-state index contributed by atoms with van der Waals surface area (Å²) in [5, 5.41) is 6.57. The SMILES string of the molecule is Cc1ccc(Nc2nc(N)nc(COC(=O)c3ccsc3)n2)cc1. The molecule has 3 N–H and O–H groups in total. The number of hydrogen-bond acceptors (Lipinski definition) is 8. The Hall–Kier alpha value is -3.00. The van der Waals surface area contributed by atoms with Gasteiger partial charge >= 0.3 is 5.97 Å². The molecule has 122 valence electrons. The molecule has 0 aliphatic heterocycles. The molecular weight excluding hydrogens is 326 g/mol. The van der Waals surface area contributed by atoms with Crippen LogP contribution < -0.4 is 11.1 Å². The maximum absolute atomic E-state index is 11.8. The number of esters is 1. The number of nitrogens with two attached hydrogens (primary N) is 1. The molecule has 2 aromatic heterocycles. The van der Waals surface area contributed by atoms with Crippen LogP contribution in [0.5, 0.6) is 0 Å². The highest BCUT2D eigenvalue weighted by Crippen LogP contribution is 2.15. The van der Waals surface area contributed by atoms with Crippen molar-refractivity contribution in [3.05, 3.63) is 58.0 Å². The van der Waals surface area contributed by atoms with Crippen molar-refractivity contribution in [3.8, 4) is 0 Å². The molecule has 0 unspecified atom stereocenters. The summed E-state index contributed by atoms with van der Waals surface area (Å²) in [5.41, 5.74) is 8.17. The van der Waals surface area contributed by atoms with E-state index in [1.54, 1.807) is 16.8 Å². The molecule has 0 aliphatic rings. The maximum Gasteiger partial charge on any atom is 0.339 e. The molecule has 8 heteroatoms. The summed E-state index contributed by atoms with van der Waals surface area (Å²) in [6, 6.07) is 9.45. The molecule has 2 heterocycles. The fourth-order valence-corrected chi connectivity index (χ4v) is 2.54. The summed E-state index contributed by atoms with van der Waals surface area (Å²) >= 11 is 1.42.